The van der Waals surface area contributed by atoms with Gasteiger partial charge < -0.3 is 15.5 Å². The van der Waals surface area contributed by atoms with Crippen LogP contribution in [0.25, 0.3) is 0 Å². The third-order valence-electron chi connectivity index (χ3n) is 5.77. The van der Waals surface area contributed by atoms with Gasteiger partial charge in [0.15, 0.2) is 10.9 Å². The van der Waals surface area contributed by atoms with Gasteiger partial charge in [0, 0.05) is 22.4 Å². The molecule has 2 aliphatic rings. The Hall–Kier alpha value is -2.28. The summed E-state index contributed by atoms with van der Waals surface area (Å²) in [6.07, 6.45) is 5.23. The molecule has 2 atom stereocenters. The number of amidine groups is 1. The van der Waals surface area contributed by atoms with E-state index in [1.54, 1.807) is 24.3 Å². The van der Waals surface area contributed by atoms with Crippen molar-refractivity contribution in [2.24, 2.45) is 16.1 Å². The smallest absolute Gasteiger partial charge is 0.291 e. The first-order chi connectivity index (χ1) is 12.9. The number of fused-ring (bicyclic) bond motifs is 1. The fourth-order valence-electron chi connectivity index (χ4n) is 4.28. The number of nitrogens with two attached hydrogens (primary N) is 1. The van der Waals surface area contributed by atoms with Crippen molar-refractivity contribution in [2.45, 2.75) is 38.1 Å². The van der Waals surface area contributed by atoms with Crippen molar-refractivity contribution in [1.29, 1.82) is 0 Å². The Balaban J connectivity index is 1.76. The zero-order valence-corrected chi connectivity index (χ0v) is 15.9. The Bertz CT molecular complexity index is 899. The number of amides is 1. The van der Waals surface area contributed by atoms with Crippen LogP contribution in [-0.2, 0) is 5.54 Å². The lowest BCUT2D eigenvalue weighted by Crippen LogP contribution is -2.50. The maximum Gasteiger partial charge on any atom is 0.291 e. The lowest BCUT2D eigenvalue weighted by molar-refractivity contribution is 0.0992. The van der Waals surface area contributed by atoms with Crippen LogP contribution >= 0.6 is 11.8 Å². The van der Waals surface area contributed by atoms with Gasteiger partial charge in [0.2, 0.25) is 0 Å². The Morgan fingerprint density at radius 2 is 2.15 bits per heavy atom. The van der Waals surface area contributed by atoms with Crippen LogP contribution in [0.2, 0.25) is 0 Å². The molecule has 0 saturated heterocycles. The Labute approximate surface area is 161 Å². The molecule has 5 nitrogen and oxygen atoms in total. The summed E-state index contributed by atoms with van der Waals surface area (Å²) in [6, 6.07) is 7.88. The molecule has 0 spiro atoms. The van der Waals surface area contributed by atoms with Crippen LogP contribution in [0.5, 0.6) is 0 Å². The Morgan fingerprint density at radius 3 is 2.93 bits per heavy atom. The van der Waals surface area contributed by atoms with E-state index in [2.05, 4.69) is 12.2 Å². The van der Waals surface area contributed by atoms with Crippen molar-refractivity contribution < 1.29 is 13.6 Å². The van der Waals surface area contributed by atoms with Crippen molar-refractivity contribution in [1.82, 2.24) is 0 Å². The lowest BCUT2D eigenvalue weighted by Gasteiger charge is -2.52. The topological polar surface area (TPSA) is 80.6 Å². The first kappa shape index (κ1) is 18.1. The summed E-state index contributed by atoms with van der Waals surface area (Å²) in [6.45, 7) is 2.17. The number of benzene rings is 1. The van der Waals surface area contributed by atoms with Gasteiger partial charge in [0.05, 0.1) is 11.8 Å². The standard InChI is InChI=1S/C20H22FN3O2S/c1-19-8-2-3-9-20(19,24-18(22)27-12-19)14-11-13(6-7-15(14)21)23-17(25)16-5-4-10-26-16/h4-7,10-11H,2-3,8-9,12H2,1H3,(H2,22,24)(H,23,25)/t19-,20+/m0/s1. The molecule has 7 heteroatoms. The van der Waals surface area contributed by atoms with Crippen molar-refractivity contribution in [3.63, 3.8) is 0 Å². The van der Waals surface area contributed by atoms with Crippen LogP contribution in [0.15, 0.2) is 46.0 Å². The van der Waals surface area contributed by atoms with Gasteiger partial charge in [-0.05, 0) is 43.2 Å². The molecule has 2 heterocycles. The highest BCUT2D eigenvalue weighted by atomic mass is 32.2. The molecule has 3 N–H and O–H groups in total. The highest BCUT2D eigenvalue weighted by Crippen LogP contribution is 2.57. The molecule has 1 saturated carbocycles. The van der Waals surface area contributed by atoms with E-state index in [1.807, 2.05) is 0 Å². The van der Waals surface area contributed by atoms with E-state index >= 15 is 0 Å². The number of rotatable bonds is 3. The van der Waals surface area contributed by atoms with Crippen LogP contribution in [0.3, 0.4) is 0 Å². The fourth-order valence-corrected chi connectivity index (χ4v) is 5.35. The van der Waals surface area contributed by atoms with Crippen LogP contribution in [-0.4, -0.2) is 16.8 Å². The maximum absolute atomic E-state index is 15.0. The van der Waals surface area contributed by atoms with E-state index in [0.29, 0.717) is 16.4 Å². The largest absolute Gasteiger partial charge is 0.459 e. The number of nitrogens with zero attached hydrogens (tertiary/aromatic N) is 1. The molecule has 1 aromatic heterocycles. The van der Waals surface area contributed by atoms with Crippen LogP contribution in [0.4, 0.5) is 10.1 Å². The SMILES string of the molecule is C[C@@]12CCCC[C@]1(c1cc(NC(=O)c3ccco3)ccc1F)N=C(N)SC2. The monoisotopic (exact) mass is 387 g/mol. The minimum Gasteiger partial charge on any atom is -0.459 e. The Kier molecular flexibility index (Phi) is 4.50. The van der Waals surface area contributed by atoms with Gasteiger partial charge in [0.25, 0.3) is 5.91 Å². The van der Waals surface area contributed by atoms with Gasteiger partial charge in [-0.15, -0.1) is 0 Å². The van der Waals surface area contributed by atoms with Gasteiger partial charge in [-0.25, -0.2) is 4.39 Å². The summed E-state index contributed by atoms with van der Waals surface area (Å²) >= 11 is 1.54. The molecular formula is C20H22FN3O2S. The molecule has 1 aliphatic heterocycles. The average Bonchev–Trinajstić information content (AvgIpc) is 3.18. The number of aliphatic imine (C=N–C) groups is 1. The van der Waals surface area contributed by atoms with Crippen LogP contribution < -0.4 is 11.1 Å². The summed E-state index contributed by atoms with van der Waals surface area (Å²) in [7, 11) is 0. The van der Waals surface area contributed by atoms with Crippen LogP contribution in [0.1, 0.15) is 48.7 Å². The van der Waals surface area contributed by atoms with E-state index in [4.69, 9.17) is 15.1 Å². The van der Waals surface area contributed by atoms with Crippen LogP contribution in [0, 0.1) is 11.2 Å². The van der Waals surface area contributed by atoms with Gasteiger partial charge in [0.1, 0.15) is 5.82 Å². The predicted octanol–water partition coefficient (Wildman–Crippen LogP) is 4.51. The molecule has 1 aliphatic carbocycles. The molecule has 1 amide bonds. The molecule has 1 fully saturated rings. The zero-order chi connectivity index (χ0) is 19.1. The second kappa shape index (κ2) is 6.71. The third kappa shape index (κ3) is 3.04. The first-order valence-electron chi connectivity index (χ1n) is 9.07. The van der Waals surface area contributed by atoms with Crippen molar-refractivity contribution in [3.05, 3.63) is 53.7 Å². The molecular weight excluding hydrogens is 365 g/mol. The molecule has 2 aromatic rings. The Morgan fingerprint density at radius 1 is 1.33 bits per heavy atom. The summed E-state index contributed by atoms with van der Waals surface area (Å²) in [5, 5.41) is 3.28. The maximum atomic E-state index is 15.0. The first-order valence-corrected chi connectivity index (χ1v) is 10.1. The number of nitrogens with one attached hydrogen (secondary N) is 1. The van der Waals surface area contributed by atoms with E-state index in [0.717, 1.165) is 31.4 Å². The molecule has 0 radical (unpaired) electrons. The van der Waals surface area contributed by atoms with Gasteiger partial charge in [-0.3, -0.25) is 9.79 Å². The zero-order valence-electron chi connectivity index (χ0n) is 15.1. The quantitative estimate of drug-likeness (QED) is 0.812. The van der Waals surface area contributed by atoms with Gasteiger partial charge in [-0.2, -0.15) is 0 Å². The number of carbonyl (C=O) groups excluding carboxylic acids is 1. The molecule has 0 unspecified atom stereocenters. The summed E-state index contributed by atoms with van der Waals surface area (Å²) < 4.78 is 20.1. The molecule has 4 rings (SSSR count). The van der Waals surface area contributed by atoms with Gasteiger partial charge in [-0.1, -0.05) is 31.5 Å². The number of hydrogen-bond donors (Lipinski definition) is 2. The fraction of sp³-hybridized carbons (Fsp3) is 0.400. The number of hydrogen-bond acceptors (Lipinski definition) is 5. The molecule has 0 bridgehead atoms. The van der Waals surface area contributed by atoms with E-state index in [1.165, 1.54) is 24.1 Å². The highest BCUT2D eigenvalue weighted by molar-refractivity contribution is 8.13. The number of halogens is 1. The van der Waals surface area contributed by atoms with Crippen molar-refractivity contribution >= 4 is 28.5 Å². The second-order valence-electron chi connectivity index (χ2n) is 7.49. The van der Waals surface area contributed by atoms with Crippen molar-refractivity contribution in [3.8, 4) is 0 Å². The number of anilines is 1. The molecule has 27 heavy (non-hydrogen) atoms. The molecule has 142 valence electrons. The summed E-state index contributed by atoms with van der Waals surface area (Å²) in [5.41, 5.74) is 6.21. The number of furan rings is 1. The normalized spacial score (nSPS) is 27.6. The predicted molar refractivity (Wildman–Crippen MR) is 105 cm³/mol. The summed E-state index contributed by atoms with van der Waals surface area (Å²) in [4.78, 5) is 17.1. The minimum absolute atomic E-state index is 0.177. The van der Waals surface area contributed by atoms with Gasteiger partial charge >= 0.3 is 0 Å². The highest BCUT2D eigenvalue weighted by Gasteiger charge is 2.54. The van der Waals surface area contributed by atoms with E-state index in [-0.39, 0.29) is 22.9 Å². The minimum atomic E-state index is -0.698. The van der Waals surface area contributed by atoms with Crippen molar-refractivity contribution in [2.75, 3.05) is 11.1 Å². The summed E-state index contributed by atoms with van der Waals surface area (Å²) in [5.74, 6) is 0.328. The molecule has 1 aromatic carbocycles. The third-order valence-corrected chi connectivity index (χ3v) is 6.94. The number of thioether (sulfide) groups is 1. The second-order valence-corrected chi connectivity index (χ2v) is 8.49. The van der Waals surface area contributed by atoms with E-state index in [9.17, 15) is 9.18 Å². The lowest BCUT2D eigenvalue weighted by atomic mass is 9.60. The average molecular weight is 387 g/mol. The number of carbonyl (C=O) groups is 1. The van der Waals surface area contributed by atoms with E-state index < -0.39 is 5.54 Å².